The Morgan fingerprint density at radius 1 is 1.61 bits per heavy atom. The summed E-state index contributed by atoms with van der Waals surface area (Å²) in [6.45, 7) is -0.542. The maximum Gasteiger partial charge on any atom is 0.261 e. The molecular formula is C13H13ClN4O5. The predicted octanol–water partition coefficient (Wildman–Crippen LogP) is -1.51. The third-order valence-corrected chi connectivity index (χ3v) is 3.86. The summed E-state index contributed by atoms with van der Waals surface area (Å²) in [6, 6.07) is 1.46. The van der Waals surface area contributed by atoms with Crippen molar-refractivity contribution < 1.29 is 20.1 Å². The van der Waals surface area contributed by atoms with Gasteiger partial charge in [0.1, 0.15) is 12.2 Å². The lowest BCUT2D eigenvalue weighted by atomic mass is 9.95. The fourth-order valence-corrected chi connectivity index (χ4v) is 2.81. The molecule has 10 heteroatoms. The first-order valence-corrected chi connectivity index (χ1v) is 6.96. The van der Waals surface area contributed by atoms with E-state index in [0.717, 1.165) is 0 Å². The van der Waals surface area contributed by atoms with E-state index in [0.29, 0.717) is 0 Å². The topological polar surface area (TPSA) is 147 Å². The first kappa shape index (κ1) is 15.8. The minimum absolute atomic E-state index is 0.119. The molecule has 4 atom stereocenters. The lowest BCUT2D eigenvalue weighted by molar-refractivity contribution is -0.0718. The van der Waals surface area contributed by atoms with Crippen molar-refractivity contribution in [2.75, 3.05) is 12.3 Å². The Morgan fingerprint density at radius 2 is 2.35 bits per heavy atom. The smallest absolute Gasteiger partial charge is 0.261 e. The summed E-state index contributed by atoms with van der Waals surface area (Å²) in [5.41, 5.74) is 3.11. The van der Waals surface area contributed by atoms with Gasteiger partial charge in [-0.25, -0.2) is 0 Å². The molecule has 0 spiro atoms. The molecule has 23 heavy (non-hydrogen) atoms. The first-order valence-electron chi connectivity index (χ1n) is 6.58. The number of aliphatic hydroxyl groups is 3. The quantitative estimate of drug-likeness (QED) is 0.417. The Balaban J connectivity index is 2.20. The zero-order valence-electron chi connectivity index (χ0n) is 11.6. The van der Waals surface area contributed by atoms with Crippen molar-refractivity contribution >= 4 is 28.6 Å². The third kappa shape index (κ3) is 2.28. The van der Waals surface area contributed by atoms with Crippen LogP contribution in [0.2, 0.25) is 0 Å². The van der Waals surface area contributed by atoms with Crippen molar-refractivity contribution in [1.29, 1.82) is 0 Å². The van der Waals surface area contributed by atoms with Crippen molar-refractivity contribution in [2.45, 2.75) is 24.0 Å². The summed E-state index contributed by atoms with van der Waals surface area (Å²) in [5.74, 6) is 2.17. The number of aromatic nitrogens is 3. The molecule has 0 radical (unpaired) electrons. The normalized spacial score (nSPS) is 30.3. The van der Waals surface area contributed by atoms with Gasteiger partial charge in [0, 0.05) is 11.6 Å². The molecule has 2 aromatic heterocycles. The summed E-state index contributed by atoms with van der Waals surface area (Å²) in [6.07, 6.45) is -2.41. The second-order valence-electron chi connectivity index (χ2n) is 5.11. The summed E-state index contributed by atoms with van der Waals surface area (Å²) in [5, 5.41) is 32.4. The van der Waals surface area contributed by atoms with E-state index >= 15 is 0 Å². The number of hydrogen-bond donors (Lipinski definition) is 5. The van der Waals surface area contributed by atoms with Crippen LogP contribution in [0.5, 0.6) is 0 Å². The van der Waals surface area contributed by atoms with Crippen LogP contribution < -0.4 is 11.3 Å². The van der Waals surface area contributed by atoms with Crippen LogP contribution in [0.3, 0.4) is 0 Å². The van der Waals surface area contributed by atoms with E-state index in [4.69, 9.17) is 22.1 Å². The van der Waals surface area contributed by atoms with Crippen molar-refractivity contribution in [2.24, 2.45) is 0 Å². The molecule has 3 heterocycles. The number of halogens is 1. The Labute approximate surface area is 134 Å². The van der Waals surface area contributed by atoms with Gasteiger partial charge in [0.2, 0.25) is 11.5 Å². The number of nitrogens with zero attached hydrogens (tertiary/aromatic N) is 2. The average Bonchev–Trinajstić information content (AvgIpc) is 3.01. The molecule has 6 N–H and O–H groups in total. The Morgan fingerprint density at radius 3 is 3.00 bits per heavy atom. The van der Waals surface area contributed by atoms with E-state index < -0.39 is 36.2 Å². The Bertz CT molecular complexity index is 869. The van der Waals surface area contributed by atoms with Gasteiger partial charge in [0.15, 0.2) is 11.9 Å². The minimum atomic E-state index is -2.10. The second-order valence-corrected chi connectivity index (χ2v) is 5.30. The van der Waals surface area contributed by atoms with Gasteiger partial charge in [-0.2, -0.15) is 4.98 Å². The van der Waals surface area contributed by atoms with Crippen LogP contribution in [0.15, 0.2) is 17.1 Å². The zero-order valence-corrected chi connectivity index (χ0v) is 12.4. The minimum Gasteiger partial charge on any atom is -0.394 e. The summed E-state index contributed by atoms with van der Waals surface area (Å²) in [4.78, 5) is 18.2. The molecule has 9 nitrogen and oxygen atoms in total. The van der Waals surface area contributed by atoms with Gasteiger partial charge in [0.05, 0.1) is 12.0 Å². The Hall–Kier alpha value is -2.09. The molecule has 1 aliphatic rings. The van der Waals surface area contributed by atoms with E-state index in [1.54, 1.807) is 0 Å². The van der Waals surface area contributed by atoms with Crippen LogP contribution in [-0.2, 0) is 4.74 Å². The van der Waals surface area contributed by atoms with Crippen LogP contribution in [0.4, 0.5) is 5.95 Å². The molecule has 3 rings (SSSR count). The molecule has 122 valence electrons. The highest BCUT2D eigenvalue weighted by Crippen LogP contribution is 2.39. The van der Waals surface area contributed by atoms with Crippen LogP contribution in [0.1, 0.15) is 6.23 Å². The summed E-state index contributed by atoms with van der Waals surface area (Å²) < 4.78 is 6.79. The van der Waals surface area contributed by atoms with Crippen molar-refractivity contribution in [3.63, 3.8) is 0 Å². The lowest BCUT2D eigenvalue weighted by Gasteiger charge is -2.26. The molecular weight excluding hydrogens is 328 g/mol. The van der Waals surface area contributed by atoms with Crippen LogP contribution in [0.25, 0.3) is 11.0 Å². The van der Waals surface area contributed by atoms with E-state index in [-0.39, 0.29) is 17.0 Å². The van der Waals surface area contributed by atoms with Crippen molar-refractivity contribution in [1.82, 2.24) is 14.5 Å². The lowest BCUT2D eigenvalue weighted by Crippen LogP contribution is -2.45. The first-order chi connectivity index (χ1) is 10.9. The molecule has 1 fully saturated rings. The number of nitrogen functional groups attached to an aromatic ring is 1. The van der Waals surface area contributed by atoms with Gasteiger partial charge >= 0.3 is 0 Å². The highest BCUT2D eigenvalue weighted by Gasteiger charge is 2.55. The standard InChI is InChI=1S/C13H13ClN4O5/c14-3-2-13(22)8(20)7(5-19)23-11(13)18-4-1-6-9(18)16-12(15)17-10(6)21/h1,4,7-8,11,19-20,22H,5H2,(H3,15,16,17,21). The number of anilines is 1. The number of aromatic amines is 1. The molecule has 1 saturated heterocycles. The van der Waals surface area contributed by atoms with E-state index in [2.05, 4.69) is 15.9 Å². The fraction of sp³-hybridized carbons (Fsp3) is 0.385. The Kier molecular flexibility index (Phi) is 3.79. The molecule has 0 amide bonds. The number of nitrogens with one attached hydrogen (secondary N) is 1. The molecule has 4 unspecified atom stereocenters. The second kappa shape index (κ2) is 5.52. The fourth-order valence-electron chi connectivity index (χ4n) is 2.65. The monoisotopic (exact) mass is 340 g/mol. The highest BCUT2D eigenvalue weighted by molar-refractivity contribution is 6.30. The van der Waals surface area contributed by atoms with Crippen LogP contribution in [-0.4, -0.2) is 54.3 Å². The van der Waals surface area contributed by atoms with E-state index in [1.165, 1.54) is 16.8 Å². The summed E-state index contributed by atoms with van der Waals surface area (Å²) >= 11 is 5.37. The average molecular weight is 341 g/mol. The molecule has 0 saturated carbocycles. The number of H-pyrrole nitrogens is 1. The number of rotatable bonds is 2. The maximum absolute atomic E-state index is 11.9. The zero-order chi connectivity index (χ0) is 16.8. The van der Waals surface area contributed by atoms with Gasteiger partial charge in [0.25, 0.3) is 5.56 Å². The van der Waals surface area contributed by atoms with Crippen LogP contribution in [0, 0.1) is 11.3 Å². The molecule has 0 bridgehead atoms. The van der Waals surface area contributed by atoms with Gasteiger partial charge in [-0.1, -0.05) is 0 Å². The van der Waals surface area contributed by atoms with Crippen molar-refractivity contribution in [3.05, 3.63) is 22.6 Å². The van der Waals surface area contributed by atoms with Gasteiger partial charge < -0.3 is 30.4 Å². The van der Waals surface area contributed by atoms with E-state index in [1.807, 2.05) is 5.38 Å². The van der Waals surface area contributed by atoms with Gasteiger partial charge in [-0.3, -0.25) is 9.78 Å². The van der Waals surface area contributed by atoms with Crippen LogP contribution >= 0.6 is 11.6 Å². The third-order valence-electron chi connectivity index (χ3n) is 3.76. The number of fused-ring (bicyclic) bond motifs is 1. The number of nitrogens with two attached hydrogens (primary N) is 1. The molecule has 2 aromatic rings. The largest absolute Gasteiger partial charge is 0.394 e. The predicted molar refractivity (Wildman–Crippen MR) is 80.3 cm³/mol. The number of ether oxygens (including phenoxy) is 1. The van der Waals surface area contributed by atoms with Gasteiger partial charge in [-0.05, 0) is 23.6 Å². The maximum atomic E-state index is 11.9. The molecule has 0 aliphatic carbocycles. The van der Waals surface area contributed by atoms with Gasteiger partial charge in [-0.15, -0.1) is 0 Å². The summed E-state index contributed by atoms with van der Waals surface area (Å²) in [7, 11) is 0. The number of hydrogen-bond acceptors (Lipinski definition) is 7. The van der Waals surface area contributed by atoms with Crippen molar-refractivity contribution in [3.8, 4) is 11.3 Å². The number of aliphatic hydroxyl groups excluding tert-OH is 2. The highest BCUT2D eigenvalue weighted by atomic mass is 35.5. The molecule has 0 aromatic carbocycles. The SMILES string of the molecule is Nc1nc2c(ccn2C2OC(CO)C(O)C2(O)C#CCl)c(=O)[nH]1. The molecule has 1 aliphatic heterocycles. The van der Waals surface area contributed by atoms with E-state index in [9.17, 15) is 20.1 Å².